The van der Waals surface area contributed by atoms with Crippen LogP contribution in [-0.2, 0) is 14.1 Å². The van der Waals surface area contributed by atoms with Gasteiger partial charge in [0.15, 0.2) is 0 Å². The Morgan fingerprint density at radius 1 is 1.46 bits per heavy atom. The smallest absolute Gasteiger partial charge is 0.370 e. The third-order valence-corrected chi connectivity index (χ3v) is 3.02. The Labute approximate surface area is 89.1 Å². The van der Waals surface area contributed by atoms with Gasteiger partial charge in [-0.1, -0.05) is 34.8 Å². The highest BCUT2D eigenvalue weighted by Gasteiger charge is 2.48. The summed E-state index contributed by atoms with van der Waals surface area (Å²) in [5.74, 6) is -3.03. The summed E-state index contributed by atoms with van der Waals surface area (Å²) < 4.78 is 12.5. The van der Waals surface area contributed by atoms with E-state index in [2.05, 4.69) is 4.74 Å². The quantitative estimate of drug-likeness (QED) is 0.451. The highest BCUT2D eigenvalue weighted by molar-refractivity contribution is 7.53. The van der Waals surface area contributed by atoms with Crippen LogP contribution in [0.3, 0.4) is 0 Å². The fourth-order valence-electron chi connectivity index (χ4n) is 0.483. The van der Waals surface area contributed by atoms with Gasteiger partial charge < -0.3 is 14.5 Å². The molecule has 0 amide bonds. The third-order valence-electron chi connectivity index (χ3n) is 0.863. The first-order valence-electron chi connectivity index (χ1n) is 2.84. The fourth-order valence-corrected chi connectivity index (χ4v) is 2.43. The summed E-state index contributed by atoms with van der Waals surface area (Å²) in [6.07, 6.45) is 0. The Kier molecular flexibility index (Phi) is 4.50. The lowest BCUT2D eigenvalue weighted by atomic mass is 10.7. The van der Waals surface area contributed by atoms with Gasteiger partial charge in [-0.2, -0.15) is 0 Å². The number of esters is 1. The number of alkyl halides is 3. The fraction of sp³-hybridized carbons (Fsp3) is 0.750. The Hall–Kier alpha value is 0.490. The van der Waals surface area contributed by atoms with Crippen molar-refractivity contribution in [1.82, 2.24) is 0 Å². The van der Waals surface area contributed by atoms with E-state index in [-0.39, 0.29) is 0 Å². The normalized spacial score (nSPS) is 15.2. The van der Waals surface area contributed by atoms with Crippen LogP contribution in [0.1, 0.15) is 6.92 Å². The van der Waals surface area contributed by atoms with Crippen LogP contribution in [0.4, 0.5) is 0 Å². The zero-order chi connectivity index (χ0) is 10.9. The minimum absolute atomic E-state index is 0.944. The Bertz CT molecular complexity index is 243. The van der Waals surface area contributed by atoms with Crippen LogP contribution in [0, 0.1) is 0 Å². The van der Waals surface area contributed by atoms with E-state index in [0.717, 1.165) is 6.92 Å². The summed E-state index contributed by atoms with van der Waals surface area (Å²) in [6.45, 7) is 0.944. The maximum atomic E-state index is 10.7. The van der Waals surface area contributed by atoms with Crippen LogP contribution in [0.25, 0.3) is 0 Å². The summed E-state index contributed by atoms with van der Waals surface area (Å²) in [5, 5.41) is 0. The van der Waals surface area contributed by atoms with Gasteiger partial charge >= 0.3 is 13.6 Å². The SMILES string of the molecule is CC(=O)O[C@@H](C(Cl)(Cl)Cl)P(=O)(O)O. The molecular weight excluding hydrogens is 265 g/mol. The molecule has 0 radical (unpaired) electrons. The second kappa shape index (κ2) is 4.34. The first-order valence-corrected chi connectivity index (χ1v) is 5.66. The van der Waals surface area contributed by atoms with Crippen molar-refractivity contribution in [1.29, 1.82) is 0 Å². The average molecular weight is 271 g/mol. The van der Waals surface area contributed by atoms with Gasteiger partial charge in [-0.15, -0.1) is 0 Å². The maximum absolute atomic E-state index is 10.7. The van der Waals surface area contributed by atoms with E-state index in [0.29, 0.717) is 0 Å². The number of ether oxygens (including phenoxy) is 1. The topological polar surface area (TPSA) is 83.8 Å². The molecule has 5 nitrogen and oxygen atoms in total. The molecule has 13 heavy (non-hydrogen) atoms. The molecule has 78 valence electrons. The molecule has 0 saturated heterocycles. The zero-order valence-electron chi connectivity index (χ0n) is 6.28. The molecule has 0 aliphatic rings. The lowest BCUT2D eigenvalue weighted by Crippen LogP contribution is -2.30. The van der Waals surface area contributed by atoms with Gasteiger partial charge in [0.1, 0.15) is 0 Å². The van der Waals surface area contributed by atoms with Crippen molar-refractivity contribution in [3.63, 3.8) is 0 Å². The van der Waals surface area contributed by atoms with Crippen molar-refractivity contribution in [2.75, 3.05) is 0 Å². The lowest BCUT2D eigenvalue weighted by Gasteiger charge is -2.24. The van der Waals surface area contributed by atoms with Gasteiger partial charge in [0.2, 0.25) is 9.64 Å². The Morgan fingerprint density at radius 2 is 1.85 bits per heavy atom. The van der Waals surface area contributed by atoms with E-state index in [1.807, 2.05) is 0 Å². The number of rotatable bonds is 2. The molecular formula is C4H6Cl3O5P. The van der Waals surface area contributed by atoms with Crippen molar-refractivity contribution in [2.45, 2.75) is 16.6 Å². The number of carbonyl (C=O) groups is 1. The highest BCUT2D eigenvalue weighted by atomic mass is 35.6. The maximum Gasteiger partial charge on any atom is 0.370 e. The summed E-state index contributed by atoms with van der Waals surface area (Å²) >= 11 is 15.6. The van der Waals surface area contributed by atoms with E-state index in [1.165, 1.54) is 0 Å². The molecule has 0 aromatic rings. The van der Waals surface area contributed by atoms with Gasteiger partial charge in [-0.3, -0.25) is 9.36 Å². The molecule has 9 heteroatoms. The monoisotopic (exact) mass is 270 g/mol. The molecule has 0 saturated carbocycles. The molecule has 0 aliphatic carbocycles. The molecule has 0 aromatic carbocycles. The molecule has 0 unspecified atom stereocenters. The van der Waals surface area contributed by atoms with E-state index < -0.39 is 23.2 Å². The third kappa shape index (κ3) is 5.05. The van der Waals surface area contributed by atoms with Gasteiger partial charge in [0.05, 0.1) is 0 Å². The molecule has 0 bridgehead atoms. The van der Waals surface area contributed by atoms with Crippen molar-refractivity contribution in [3.8, 4) is 0 Å². The Balaban J connectivity index is 4.79. The summed E-state index contributed by atoms with van der Waals surface area (Å²) in [5.41, 5.74) is 0. The highest BCUT2D eigenvalue weighted by Crippen LogP contribution is 2.52. The molecule has 0 rings (SSSR count). The van der Waals surface area contributed by atoms with E-state index in [1.54, 1.807) is 0 Å². The summed E-state index contributed by atoms with van der Waals surface area (Å²) in [7, 11) is -4.79. The second-order valence-corrected chi connectivity index (χ2v) is 6.11. The largest absolute Gasteiger partial charge is 0.445 e. The average Bonchev–Trinajstić information content (AvgIpc) is 1.77. The van der Waals surface area contributed by atoms with E-state index >= 15 is 0 Å². The van der Waals surface area contributed by atoms with Crippen molar-refractivity contribution < 1.29 is 23.9 Å². The van der Waals surface area contributed by atoms with Gasteiger partial charge in [-0.05, 0) is 0 Å². The molecule has 0 heterocycles. The van der Waals surface area contributed by atoms with Gasteiger partial charge in [0, 0.05) is 6.92 Å². The van der Waals surface area contributed by atoms with Crippen molar-refractivity contribution >= 4 is 48.4 Å². The first kappa shape index (κ1) is 13.5. The molecule has 1 atom stereocenters. The lowest BCUT2D eigenvalue weighted by molar-refractivity contribution is -0.143. The number of halogens is 3. The minimum Gasteiger partial charge on any atom is -0.445 e. The van der Waals surface area contributed by atoms with Crippen LogP contribution < -0.4 is 0 Å². The van der Waals surface area contributed by atoms with Crippen molar-refractivity contribution in [2.24, 2.45) is 0 Å². The van der Waals surface area contributed by atoms with Gasteiger partial charge in [-0.25, -0.2) is 0 Å². The van der Waals surface area contributed by atoms with Crippen LogP contribution in [0.15, 0.2) is 0 Å². The molecule has 2 N–H and O–H groups in total. The summed E-state index contributed by atoms with van der Waals surface area (Å²) in [4.78, 5) is 27.7. The summed E-state index contributed by atoms with van der Waals surface area (Å²) in [6, 6.07) is 0. The predicted molar refractivity (Wildman–Crippen MR) is 47.9 cm³/mol. The van der Waals surface area contributed by atoms with E-state index in [9.17, 15) is 9.36 Å². The first-order chi connectivity index (χ1) is 5.55. The standard InChI is InChI=1S/C4H6Cl3O5P/c1-2(8)12-3(4(5,6)7)13(9,10)11/h3H,1H3,(H2,9,10,11)/t3-/m1/s1. The van der Waals surface area contributed by atoms with Crippen LogP contribution in [0.5, 0.6) is 0 Å². The minimum atomic E-state index is -4.79. The number of carbonyl (C=O) groups excluding carboxylic acids is 1. The van der Waals surface area contributed by atoms with Gasteiger partial charge in [0.25, 0.3) is 0 Å². The molecule has 0 fully saturated rings. The van der Waals surface area contributed by atoms with Crippen LogP contribution in [-0.4, -0.2) is 25.4 Å². The van der Waals surface area contributed by atoms with E-state index in [4.69, 9.17) is 44.6 Å². The Morgan fingerprint density at radius 3 is 1.92 bits per heavy atom. The van der Waals surface area contributed by atoms with Crippen LogP contribution >= 0.6 is 42.4 Å². The molecule has 0 aromatic heterocycles. The van der Waals surface area contributed by atoms with Crippen LogP contribution in [0.2, 0.25) is 0 Å². The molecule has 0 aliphatic heterocycles. The molecule has 0 spiro atoms. The zero-order valence-corrected chi connectivity index (χ0v) is 9.44. The predicted octanol–water partition coefficient (Wildman–Crippen LogP) is 1.42. The number of hydrogen-bond acceptors (Lipinski definition) is 3. The van der Waals surface area contributed by atoms with Crippen molar-refractivity contribution in [3.05, 3.63) is 0 Å². The number of hydrogen-bond donors (Lipinski definition) is 2. The second-order valence-electron chi connectivity index (χ2n) is 2.09.